The van der Waals surface area contributed by atoms with Gasteiger partial charge in [-0.25, -0.2) is 0 Å². The molecule has 0 aliphatic rings. The molecule has 54 heavy (non-hydrogen) atoms. The molecule has 0 bridgehead atoms. The maximum atomic E-state index is 13.6. The summed E-state index contributed by atoms with van der Waals surface area (Å²) in [5, 5.41) is 15.9. The molecule has 0 fully saturated rings. The lowest BCUT2D eigenvalue weighted by atomic mass is 9.96. The summed E-state index contributed by atoms with van der Waals surface area (Å²) in [7, 11) is 0. The first-order chi connectivity index (χ1) is 26.4. The van der Waals surface area contributed by atoms with E-state index in [-0.39, 0.29) is 38.6 Å². The van der Waals surface area contributed by atoms with E-state index in [1.165, 1.54) is 0 Å². The fourth-order valence-electron chi connectivity index (χ4n) is 5.91. The van der Waals surface area contributed by atoms with Crippen molar-refractivity contribution >= 4 is 17.8 Å². The molecule has 0 heterocycles. The normalized spacial score (nSPS) is 13.1. The minimum Gasteiger partial charge on any atom is -0.489 e. The van der Waals surface area contributed by atoms with Crippen LogP contribution in [0.5, 0.6) is 5.75 Å². The Morgan fingerprint density at radius 3 is 1.78 bits per heavy atom. The standard InChI is InChI=1S/C45H52N2O7/c1-3-14-38(28-43(49)46-40(29-48)27-35-22-24-42(25-23-35)53-31-37-20-12-7-13-21-37)44(50)47-41(32-52-30-36-18-10-6-11-19-36)33-54-45(51)39(15-4-2)26-34-16-8-5-9-17-34/h3-13,16-25,38-41,48H,1-2,14-15,26-33H2,(H,46,49)(H,47,50)/t38-,39-,40+,41+/m1/s1. The van der Waals surface area contributed by atoms with Crippen LogP contribution in [0.2, 0.25) is 0 Å². The van der Waals surface area contributed by atoms with Crippen molar-refractivity contribution in [3.63, 3.8) is 0 Å². The SMILES string of the molecule is C=CC[C@H](CC(=O)N[C@H](CO)Cc1ccc(OCc2ccccc2)cc1)C(=O)N[C@@H](COCc1ccccc1)COC(=O)[C@H](CC=C)Cc1ccccc1. The van der Waals surface area contributed by atoms with Gasteiger partial charge in [-0.1, -0.05) is 115 Å². The van der Waals surface area contributed by atoms with E-state index in [1.54, 1.807) is 12.2 Å². The van der Waals surface area contributed by atoms with Crippen LogP contribution in [-0.2, 0) is 49.9 Å². The van der Waals surface area contributed by atoms with Crippen molar-refractivity contribution < 1.29 is 33.7 Å². The van der Waals surface area contributed by atoms with Crippen LogP contribution >= 0.6 is 0 Å². The number of carbonyl (C=O) groups excluding carboxylic acids is 3. The van der Waals surface area contributed by atoms with Gasteiger partial charge in [0, 0.05) is 6.42 Å². The number of ether oxygens (including phenoxy) is 3. The van der Waals surface area contributed by atoms with Crippen molar-refractivity contribution in [2.24, 2.45) is 11.8 Å². The molecule has 0 unspecified atom stereocenters. The van der Waals surface area contributed by atoms with Crippen LogP contribution in [-0.4, -0.2) is 54.8 Å². The van der Waals surface area contributed by atoms with Gasteiger partial charge in [-0.2, -0.15) is 0 Å². The number of nitrogens with one attached hydrogen (secondary N) is 2. The molecule has 0 radical (unpaired) electrons. The fourth-order valence-corrected chi connectivity index (χ4v) is 5.91. The highest BCUT2D eigenvalue weighted by Gasteiger charge is 2.27. The van der Waals surface area contributed by atoms with Gasteiger partial charge >= 0.3 is 5.97 Å². The van der Waals surface area contributed by atoms with E-state index in [9.17, 15) is 19.5 Å². The van der Waals surface area contributed by atoms with Crippen LogP contribution in [0, 0.1) is 11.8 Å². The number of allylic oxidation sites excluding steroid dienone is 2. The smallest absolute Gasteiger partial charge is 0.309 e. The Labute approximate surface area is 319 Å². The number of esters is 1. The van der Waals surface area contributed by atoms with Crippen molar-refractivity contribution in [2.75, 3.05) is 19.8 Å². The Morgan fingerprint density at radius 2 is 1.19 bits per heavy atom. The van der Waals surface area contributed by atoms with E-state index < -0.39 is 35.8 Å². The highest BCUT2D eigenvalue weighted by Crippen LogP contribution is 2.18. The van der Waals surface area contributed by atoms with Gasteiger partial charge in [0.1, 0.15) is 19.0 Å². The van der Waals surface area contributed by atoms with Gasteiger partial charge in [0.2, 0.25) is 11.8 Å². The van der Waals surface area contributed by atoms with Gasteiger partial charge in [-0.15, -0.1) is 13.2 Å². The summed E-state index contributed by atoms with van der Waals surface area (Å²) in [6.45, 7) is 8.04. The topological polar surface area (TPSA) is 123 Å². The lowest BCUT2D eigenvalue weighted by molar-refractivity contribution is -0.150. The molecule has 284 valence electrons. The van der Waals surface area contributed by atoms with Crippen molar-refractivity contribution in [1.82, 2.24) is 10.6 Å². The van der Waals surface area contributed by atoms with Gasteiger partial charge in [0.15, 0.2) is 0 Å². The molecular formula is C45H52N2O7. The Kier molecular flexibility index (Phi) is 17.7. The lowest BCUT2D eigenvalue weighted by Gasteiger charge is -2.24. The van der Waals surface area contributed by atoms with E-state index >= 15 is 0 Å². The number of aliphatic hydroxyl groups is 1. The van der Waals surface area contributed by atoms with E-state index in [0.29, 0.717) is 38.2 Å². The van der Waals surface area contributed by atoms with Crippen LogP contribution in [0.15, 0.2) is 141 Å². The highest BCUT2D eigenvalue weighted by atomic mass is 16.5. The third-order valence-corrected chi connectivity index (χ3v) is 8.81. The van der Waals surface area contributed by atoms with Crippen LogP contribution in [0.1, 0.15) is 41.5 Å². The molecule has 0 aromatic heterocycles. The van der Waals surface area contributed by atoms with Crippen molar-refractivity contribution in [3.05, 3.63) is 163 Å². The van der Waals surface area contributed by atoms with E-state index in [0.717, 1.165) is 22.3 Å². The van der Waals surface area contributed by atoms with Gasteiger partial charge in [0.05, 0.1) is 43.7 Å². The minimum absolute atomic E-state index is 0.0778. The summed E-state index contributed by atoms with van der Waals surface area (Å²) >= 11 is 0. The quantitative estimate of drug-likeness (QED) is 0.0552. The first kappa shape index (κ1) is 41.2. The van der Waals surface area contributed by atoms with E-state index in [4.69, 9.17) is 14.2 Å². The van der Waals surface area contributed by atoms with E-state index in [2.05, 4.69) is 23.8 Å². The second-order valence-electron chi connectivity index (χ2n) is 13.2. The molecule has 4 aromatic carbocycles. The predicted octanol–water partition coefficient (Wildman–Crippen LogP) is 6.55. The lowest BCUT2D eigenvalue weighted by Crippen LogP contribution is -2.46. The van der Waals surface area contributed by atoms with Gasteiger partial charge in [0.25, 0.3) is 0 Å². The summed E-state index contributed by atoms with van der Waals surface area (Å²) in [6.07, 6.45) is 4.72. The minimum atomic E-state index is -0.748. The molecule has 9 nitrogen and oxygen atoms in total. The molecule has 0 saturated heterocycles. The molecular weight excluding hydrogens is 681 g/mol. The predicted molar refractivity (Wildman–Crippen MR) is 210 cm³/mol. The summed E-state index contributed by atoms with van der Waals surface area (Å²) < 4.78 is 17.6. The molecule has 4 atom stereocenters. The van der Waals surface area contributed by atoms with Crippen molar-refractivity contribution in [3.8, 4) is 5.75 Å². The zero-order valence-electron chi connectivity index (χ0n) is 30.8. The Balaban J connectivity index is 1.33. The molecule has 9 heteroatoms. The summed E-state index contributed by atoms with van der Waals surface area (Å²) in [4.78, 5) is 40.1. The number of hydrogen-bond donors (Lipinski definition) is 3. The number of amides is 2. The molecule has 0 aliphatic carbocycles. The third-order valence-electron chi connectivity index (χ3n) is 8.81. The number of hydrogen-bond acceptors (Lipinski definition) is 7. The van der Waals surface area contributed by atoms with Crippen molar-refractivity contribution in [1.29, 1.82) is 0 Å². The van der Waals surface area contributed by atoms with E-state index in [1.807, 2.05) is 115 Å². The number of aliphatic hydroxyl groups excluding tert-OH is 1. The third kappa shape index (κ3) is 14.8. The Hall–Kier alpha value is -5.51. The number of benzene rings is 4. The summed E-state index contributed by atoms with van der Waals surface area (Å²) in [5.74, 6) is -1.64. The monoisotopic (exact) mass is 732 g/mol. The molecule has 4 rings (SSSR count). The first-order valence-corrected chi connectivity index (χ1v) is 18.4. The molecule has 0 spiro atoms. The van der Waals surface area contributed by atoms with Crippen LogP contribution < -0.4 is 15.4 Å². The first-order valence-electron chi connectivity index (χ1n) is 18.4. The van der Waals surface area contributed by atoms with Gasteiger partial charge in [-0.05, 0) is 60.1 Å². The summed E-state index contributed by atoms with van der Waals surface area (Å²) in [5.41, 5.74) is 3.94. The summed E-state index contributed by atoms with van der Waals surface area (Å²) in [6, 6.07) is 35.5. The maximum absolute atomic E-state index is 13.6. The largest absolute Gasteiger partial charge is 0.489 e. The zero-order valence-corrected chi connectivity index (χ0v) is 30.8. The van der Waals surface area contributed by atoms with Gasteiger partial charge < -0.3 is 30.0 Å². The number of rotatable bonds is 24. The highest BCUT2D eigenvalue weighted by molar-refractivity contribution is 5.86. The van der Waals surface area contributed by atoms with Crippen LogP contribution in [0.3, 0.4) is 0 Å². The fraction of sp³-hybridized carbons (Fsp3) is 0.311. The number of carbonyl (C=O) groups is 3. The molecule has 0 saturated carbocycles. The Bertz CT molecular complexity index is 1720. The second-order valence-corrected chi connectivity index (χ2v) is 13.2. The Morgan fingerprint density at radius 1 is 0.630 bits per heavy atom. The maximum Gasteiger partial charge on any atom is 0.309 e. The molecule has 4 aromatic rings. The zero-order chi connectivity index (χ0) is 38.4. The molecule has 0 aliphatic heterocycles. The average molecular weight is 733 g/mol. The second kappa shape index (κ2) is 23.2. The molecule has 2 amide bonds. The van der Waals surface area contributed by atoms with Gasteiger partial charge in [-0.3, -0.25) is 14.4 Å². The van der Waals surface area contributed by atoms with Crippen molar-refractivity contribution in [2.45, 2.75) is 57.4 Å². The van der Waals surface area contributed by atoms with Crippen LogP contribution in [0.4, 0.5) is 0 Å². The molecule has 3 N–H and O–H groups in total. The van der Waals surface area contributed by atoms with Crippen LogP contribution in [0.25, 0.3) is 0 Å². The average Bonchev–Trinajstić information content (AvgIpc) is 3.20.